The number of hydrogen-bond donors (Lipinski definition) is 0. The molecule has 1 heterocycles. The molecule has 0 atom stereocenters. The number of ether oxygens (including phenoxy) is 1. The van der Waals surface area contributed by atoms with Crippen LogP contribution in [0.4, 0.5) is 0 Å². The van der Waals surface area contributed by atoms with E-state index in [1.54, 1.807) is 0 Å². The maximum atomic E-state index is 5.78. The highest BCUT2D eigenvalue weighted by molar-refractivity contribution is 5.83. The molecule has 4 aromatic rings. The standard InChI is InChI=1S/C20H16N2O2/c1-14-5-4-8-17(11-14)20-21-19(24-22-20)13-23-18-10-9-15-6-2-3-7-16(15)12-18/h2-12H,13H2,1H3. The number of hydrogen-bond acceptors (Lipinski definition) is 4. The van der Waals surface area contributed by atoms with Crippen molar-refractivity contribution in [3.05, 3.63) is 78.2 Å². The first-order valence-corrected chi connectivity index (χ1v) is 7.79. The lowest BCUT2D eigenvalue weighted by atomic mass is 10.1. The van der Waals surface area contributed by atoms with E-state index in [9.17, 15) is 0 Å². The van der Waals surface area contributed by atoms with Crippen LogP contribution in [-0.4, -0.2) is 10.1 Å². The molecule has 118 valence electrons. The maximum absolute atomic E-state index is 5.78. The van der Waals surface area contributed by atoms with Gasteiger partial charge in [-0.15, -0.1) is 0 Å². The Morgan fingerprint density at radius 2 is 1.79 bits per heavy atom. The van der Waals surface area contributed by atoms with Crippen LogP contribution in [0.5, 0.6) is 5.75 Å². The van der Waals surface area contributed by atoms with Gasteiger partial charge in [-0.05, 0) is 35.9 Å². The molecule has 1 aromatic heterocycles. The molecule has 0 amide bonds. The minimum Gasteiger partial charge on any atom is -0.484 e. The van der Waals surface area contributed by atoms with Crippen molar-refractivity contribution in [2.45, 2.75) is 13.5 Å². The maximum Gasteiger partial charge on any atom is 0.264 e. The van der Waals surface area contributed by atoms with E-state index in [1.165, 1.54) is 5.39 Å². The van der Waals surface area contributed by atoms with Gasteiger partial charge in [-0.1, -0.05) is 59.3 Å². The second-order valence-corrected chi connectivity index (χ2v) is 5.68. The monoisotopic (exact) mass is 316 g/mol. The minimum atomic E-state index is 0.247. The number of nitrogens with zero attached hydrogens (tertiary/aromatic N) is 2. The summed E-state index contributed by atoms with van der Waals surface area (Å²) in [4.78, 5) is 4.40. The molecule has 0 aliphatic carbocycles. The fourth-order valence-electron chi connectivity index (χ4n) is 2.62. The van der Waals surface area contributed by atoms with Gasteiger partial charge in [-0.3, -0.25) is 0 Å². The first kappa shape index (κ1) is 14.5. The summed E-state index contributed by atoms with van der Waals surface area (Å²) >= 11 is 0. The predicted molar refractivity (Wildman–Crippen MR) is 92.8 cm³/mol. The van der Waals surface area contributed by atoms with Gasteiger partial charge in [0.15, 0.2) is 6.61 Å². The number of rotatable bonds is 4. The zero-order valence-electron chi connectivity index (χ0n) is 13.3. The van der Waals surface area contributed by atoms with Gasteiger partial charge in [-0.2, -0.15) is 4.98 Å². The van der Waals surface area contributed by atoms with E-state index >= 15 is 0 Å². The first-order valence-electron chi connectivity index (χ1n) is 7.79. The van der Waals surface area contributed by atoms with Crippen LogP contribution < -0.4 is 4.74 Å². The molecule has 0 radical (unpaired) electrons. The molecule has 4 heteroatoms. The molecular weight excluding hydrogens is 300 g/mol. The molecule has 0 saturated heterocycles. The largest absolute Gasteiger partial charge is 0.484 e. The molecule has 0 aliphatic heterocycles. The lowest BCUT2D eigenvalue weighted by Crippen LogP contribution is -1.95. The van der Waals surface area contributed by atoms with Crippen LogP contribution in [0, 0.1) is 6.92 Å². The van der Waals surface area contributed by atoms with E-state index in [0.29, 0.717) is 11.7 Å². The van der Waals surface area contributed by atoms with Crippen molar-refractivity contribution < 1.29 is 9.26 Å². The third kappa shape index (κ3) is 2.99. The molecule has 0 bridgehead atoms. The molecule has 0 unspecified atom stereocenters. The van der Waals surface area contributed by atoms with Crippen LogP contribution in [-0.2, 0) is 6.61 Å². The van der Waals surface area contributed by atoms with E-state index in [-0.39, 0.29) is 6.61 Å². The molecule has 4 rings (SSSR count). The Bertz CT molecular complexity index is 992. The van der Waals surface area contributed by atoms with E-state index in [0.717, 1.165) is 22.3 Å². The van der Waals surface area contributed by atoms with Crippen molar-refractivity contribution in [2.75, 3.05) is 0 Å². The third-order valence-corrected chi connectivity index (χ3v) is 3.83. The Balaban J connectivity index is 1.49. The molecule has 0 fully saturated rings. The van der Waals surface area contributed by atoms with Crippen molar-refractivity contribution in [1.82, 2.24) is 10.1 Å². The highest BCUT2D eigenvalue weighted by Crippen LogP contribution is 2.22. The van der Waals surface area contributed by atoms with Gasteiger partial charge in [0.25, 0.3) is 5.89 Å². The smallest absolute Gasteiger partial charge is 0.264 e. The number of benzene rings is 3. The Kier molecular flexibility index (Phi) is 3.71. The van der Waals surface area contributed by atoms with Crippen molar-refractivity contribution in [1.29, 1.82) is 0 Å². The van der Waals surface area contributed by atoms with Gasteiger partial charge in [0.05, 0.1) is 0 Å². The molecule has 0 saturated carbocycles. The molecule has 3 aromatic carbocycles. The molecule has 24 heavy (non-hydrogen) atoms. The number of fused-ring (bicyclic) bond motifs is 1. The molecule has 0 N–H and O–H groups in total. The normalized spacial score (nSPS) is 10.9. The van der Waals surface area contributed by atoms with Crippen molar-refractivity contribution in [3.63, 3.8) is 0 Å². The summed E-state index contributed by atoms with van der Waals surface area (Å²) in [6.07, 6.45) is 0. The van der Waals surface area contributed by atoms with E-state index in [2.05, 4.69) is 22.3 Å². The fourth-order valence-corrected chi connectivity index (χ4v) is 2.62. The average Bonchev–Trinajstić information content (AvgIpc) is 3.09. The summed E-state index contributed by atoms with van der Waals surface area (Å²) in [6.45, 7) is 2.28. The van der Waals surface area contributed by atoms with Gasteiger partial charge in [0.2, 0.25) is 5.82 Å². The number of aromatic nitrogens is 2. The summed E-state index contributed by atoms with van der Waals surface area (Å²) in [7, 11) is 0. The van der Waals surface area contributed by atoms with Crippen LogP contribution in [0.15, 0.2) is 71.3 Å². The molecular formula is C20H16N2O2. The second kappa shape index (κ2) is 6.16. The van der Waals surface area contributed by atoms with Gasteiger partial charge in [0, 0.05) is 5.56 Å². The predicted octanol–water partition coefficient (Wildman–Crippen LogP) is 4.78. The zero-order valence-corrected chi connectivity index (χ0v) is 13.3. The summed E-state index contributed by atoms with van der Waals surface area (Å²) < 4.78 is 11.1. The minimum absolute atomic E-state index is 0.247. The van der Waals surface area contributed by atoms with Gasteiger partial charge < -0.3 is 9.26 Å². The Morgan fingerprint density at radius 1 is 0.917 bits per heavy atom. The SMILES string of the molecule is Cc1cccc(-c2noc(COc3ccc4ccccc4c3)n2)c1. The van der Waals surface area contributed by atoms with Crippen LogP contribution in [0.3, 0.4) is 0 Å². The lowest BCUT2D eigenvalue weighted by molar-refractivity contribution is 0.243. The van der Waals surface area contributed by atoms with E-state index < -0.39 is 0 Å². The van der Waals surface area contributed by atoms with Crippen molar-refractivity contribution in [3.8, 4) is 17.1 Å². The van der Waals surface area contributed by atoms with E-state index in [1.807, 2.05) is 61.5 Å². The highest BCUT2D eigenvalue weighted by Gasteiger charge is 2.09. The Hall–Kier alpha value is -3.14. The second-order valence-electron chi connectivity index (χ2n) is 5.68. The summed E-state index contributed by atoms with van der Waals surface area (Å²) in [6, 6.07) is 22.2. The van der Waals surface area contributed by atoms with Crippen LogP contribution >= 0.6 is 0 Å². The summed E-state index contributed by atoms with van der Waals surface area (Å²) in [5.41, 5.74) is 2.10. The highest BCUT2D eigenvalue weighted by atomic mass is 16.5. The summed E-state index contributed by atoms with van der Waals surface area (Å²) in [5, 5.41) is 6.35. The lowest BCUT2D eigenvalue weighted by Gasteiger charge is -2.04. The molecule has 4 nitrogen and oxygen atoms in total. The fraction of sp³-hybridized carbons (Fsp3) is 0.100. The Morgan fingerprint density at radius 3 is 2.67 bits per heavy atom. The quantitative estimate of drug-likeness (QED) is 0.544. The van der Waals surface area contributed by atoms with E-state index in [4.69, 9.17) is 9.26 Å². The van der Waals surface area contributed by atoms with Crippen LogP contribution in [0.2, 0.25) is 0 Å². The molecule has 0 aliphatic rings. The van der Waals surface area contributed by atoms with Crippen molar-refractivity contribution in [2.24, 2.45) is 0 Å². The van der Waals surface area contributed by atoms with Crippen molar-refractivity contribution >= 4 is 10.8 Å². The topological polar surface area (TPSA) is 48.2 Å². The van der Waals surface area contributed by atoms with Crippen LogP contribution in [0.1, 0.15) is 11.5 Å². The average molecular weight is 316 g/mol. The zero-order chi connectivity index (χ0) is 16.4. The third-order valence-electron chi connectivity index (χ3n) is 3.83. The number of aryl methyl sites for hydroxylation is 1. The molecule has 0 spiro atoms. The first-order chi connectivity index (χ1) is 11.8. The summed E-state index contributed by atoms with van der Waals surface area (Å²) in [5.74, 6) is 1.82. The van der Waals surface area contributed by atoms with Gasteiger partial charge in [-0.25, -0.2) is 0 Å². The Labute approximate surface area is 139 Å². The van der Waals surface area contributed by atoms with Gasteiger partial charge in [0.1, 0.15) is 5.75 Å². The van der Waals surface area contributed by atoms with Crippen LogP contribution in [0.25, 0.3) is 22.2 Å². The van der Waals surface area contributed by atoms with Gasteiger partial charge >= 0.3 is 0 Å².